The third kappa shape index (κ3) is 13.5. The van der Waals surface area contributed by atoms with Crippen LogP contribution in [0.25, 0.3) is 0 Å². The Labute approximate surface area is 127 Å². The van der Waals surface area contributed by atoms with Crippen LogP contribution in [0.3, 0.4) is 0 Å². The van der Waals surface area contributed by atoms with E-state index in [9.17, 15) is 14.4 Å². The van der Waals surface area contributed by atoms with Gasteiger partial charge in [0.2, 0.25) is 0 Å². The third-order valence-corrected chi connectivity index (χ3v) is 1.29. The van der Waals surface area contributed by atoms with Gasteiger partial charge in [-0.1, -0.05) is 0 Å². The first kappa shape index (κ1) is 22.6. The summed E-state index contributed by atoms with van der Waals surface area (Å²) in [6, 6.07) is 0. The van der Waals surface area contributed by atoms with Crippen molar-refractivity contribution < 1.29 is 79.1 Å². The summed E-state index contributed by atoms with van der Waals surface area (Å²) in [6.07, 6.45) is -2.29. The predicted molar refractivity (Wildman–Crippen MR) is 51.6 cm³/mol. The van der Waals surface area contributed by atoms with Crippen LogP contribution in [0, 0.1) is 0 Å². The van der Waals surface area contributed by atoms with Gasteiger partial charge in [0.15, 0.2) is 5.60 Å². The van der Waals surface area contributed by atoms with Crippen LogP contribution in [0.2, 0.25) is 0 Å². The van der Waals surface area contributed by atoms with E-state index in [1.54, 1.807) is 0 Å². The number of carboxylic acid groups (broad SMARTS) is 3. The molecular formula is C6H11NaO10S. The predicted octanol–water partition coefficient (Wildman–Crippen LogP) is -4.45. The number of hydrogen-bond donors (Lipinski definition) is 6. The van der Waals surface area contributed by atoms with Crippen molar-refractivity contribution in [2.24, 2.45) is 0 Å². The van der Waals surface area contributed by atoms with Crippen molar-refractivity contribution in [2.45, 2.75) is 18.4 Å². The van der Waals surface area contributed by atoms with Crippen LogP contribution in [0.1, 0.15) is 14.3 Å². The van der Waals surface area contributed by atoms with Gasteiger partial charge in [0.25, 0.3) is 11.4 Å². The van der Waals surface area contributed by atoms with Gasteiger partial charge in [0.05, 0.1) is 12.8 Å². The normalized spacial score (nSPS) is 9.78. The van der Waals surface area contributed by atoms with Crippen LogP contribution in [0.5, 0.6) is 0 Å². The van der Waals surface area contributed by atoms with Gasteiger partial charge in [0.1, 0.15) is 0 Å². The van der Waals surface area contributed by atoms with Gasteiger partial charge in [0, 0.05) is 0 Å². The summed E-state index contributed by atoms with van der Waals surface area (Å²) in [7, 11) is 0. The van der Waals surface area contributed by atoms with Crippen molar-refractivity contribution in [1.29, 1.82) is 0 Å². The fraction of sp³-hybridized carbons (Fsp3) is 0.500. The molecule has 0 saturated carbocycles. The van der Waals surface area contributed by atoms with Gasteiger partial charge >= 0.3 is 47.5 Å². The molecule has 0 aromatic rings. The molecule has 10 nitrogen and oxygen atoms in total. The zero-order chi connectivity index (χ0) is 14.2. The second-order valence-corrected chi connectivity index (χ2v) is 3.17. The molecule has 0 aromatic carbocycles. The van der Waals surface area contributed by atoms with Crippen LogP contribution in [0.15, 0.2) is 0 Å². The maximum atomic E-state index is 10.3. The Morgan fingerprint density at radius 2 is 1.22 bits per heavy atom. The van der Waals surface area contributed by atoms with Crippen molar-refractivity contribution in [3.63, 3.8) is 0 Å². The monoisotopic (exact) mass is 298 g/mol. The zero-order valence-electron chi connectivity index (χ0n) is 10.1. The molecule has 0 heterocycles. The molecule has 0 aromatic heterocycles. The number of carbonyl (C=O) groups is 3. The fourth-order valence-electron chi connectivity index (χ4n) is 0.714. The molecule has 0 rings (SSSR count). The van der Waals surface area contributed by atoms with Crippen molar-refractivity contribution >= 4 is 29.3 Å². The standard InChI is InChI=1S/C6H8O7.Na.H2O3S.H/c7-3(8)1-6(13,5(11)12)2-4(9)10;;1-4(2)3;/h13H,1-2H2,(H,7,8)(H,9,10)(H,11,12);;(H2,1,2,3);/q;+1;;-1. The number of hydrogen-bond acceptors (Lipinski definition) is 5. The largest absolute Gasteiger partial charge is 1.00 e. The fourth-order valence-corrected chi connectivity index (χ4v) is 0.714. The summed E-state index contributed by atoms with van der Waals surface area (Å²) >= 11 is -2.61. The maximum absolute atomic E-state index is 10.3. The molecule has 0 amide bonds. The van der Waals surface area contributed by atoms with Crippen molar-refractivity contribution in [3.8, 4) is 0 Å². The zero-order valence-corrected chi connectivity index (χ0v) is 12.0. The molecule has 12 heteroatoms. The van der Waals surface area contributed by atoms with Crippen LogP contribution in [-0.4, -0.2) is 57.2 Å². The Bertz CT molecular complexity index is 314. The molecule has 0 bridgehead atoms. The van der Waals surface area contributed by atoms with Gasteiger partial charge in [-0.25, -0.2) is 4.79 Å². The number of aliphatic carboxylic acids is 3. The van der Waals surface area contributed by atoms with E-state index in [0.717, 1.165) is 0 Å². The molecule has 0 saturated heterocycles. The van der Waals surface area contributed by atoms with Gasteiger partial charge in [-0.3, -0.25) is 18.7 Å². The van der Waals surface area contributed by atoms with Gasteiger partial charge < -0.3 is 21.9 Å². The molecule has 0 atom stereocenters. The summed E-state index contributed by atoms with van der Waals surface area (Å²) < 4.78 is 22.8. The van der Waals surface area contributed by atoms with E-state index in [2.05, 4.69) is 0 Å². The summed E-state index contributed by atoms with van der Waals surface area (Å²) in [5.74, 6) is -5.02. The van der Waals surface area contributed by atoms with Gasteiger partial charge in [-0.2, -0.15) is 4.21 Å². The maximum Gasteiger partial charge on any atom is 1.00 e. The van der Waals surface area contributed by atoms with E-state index in [0.29, 0.717) is 0 Å². The molecule has 102 valence electrons. The van der Waals surface area contributed by atoms with E-state index in [1.807, 2.05) is 0 Å². The smallest absolute Gasteiger partial charge is 1.00 e. The minimum absolute atomic E-state index is 0. The SMILES string of the molecule is O=C(O)CC(O)(CC(=O)O)C(=O)O.O=S(O)O.[H-].[Na+]. The van der Waals surface area contributed by atoms with Gasteiger partial charge in [-0.05, 0) is 0 Å². The first-order chi connectivity index (χ1) is 7.51. The molecule has 0 radical (unpaired) electrons. The molecule has 0 spiro atoms. The minimum Gasteiger partial charge on any atom is -1.00 e. The molecule has 6 N–H and O–H groups in total. The van der Waals surface area contributed by atoms with Crippen molar-refractivity contribution in [1.82, 2.24) is 0 Å². The van der Waals surface area contributed by atoms with Crippen LogP contribution < -0.4 is 29.6 Å². The van der Waals surface area contributed by atoms with E-state index >= 15 is 0 Å². The topological polar surface area (TPSA) is 190 Å². The van der Waals surface area contributed by atoms with E-state index < -0.39 is 47.7 Å². The molecule has 0 fully saturated rings. The van der Waals surface area contributed by atoms with Crippen LogP contribution in [0.4, 0.5) is 0 Å². The molecular weight excluding hydrogens is 287 g/mol. The molecule has 18 heavy (non-hydrogen) atoms. The van der Waals surface area contributed by atoms with E-state index in [-0.39, 0.29) is 31.0 Å². The number of rotatable bonds is 5. The van der Waals surface area contributed by atoms with Crippen LogP contribution in [-0.2, 0) is 25.7 Å². The second-order valence-electron chi connectivity index (χ2n) is 2.71. The first-order valence-electron chi connectivity index (χ1n) is 3.70. The Hall–Kier alpha value is -0.560. The summed E-state index contributed by atoms with van der Waals surface area (Å²) in [4.78, 5) is 30.5. The quantitative estimate of drug-likeness (QED) is 0.213. The Morgan fingerprint density at radius 1 is 1.00 bits per heavy atom. The van der Waals surface area contributed by atoms with E-state index in [4.69, 9.17) is 33.7 Å². The Morgan fingerprint density at radius 3 is 1.33 bits per heavy atom. The molecule has 0 aliphatic carbocycles. The number of aliphatic hydroxyl groups is 1. The second kappa shape index (κ2) is 10.4. The van der Waals surface area contributed by atoms with Crippen molar-refractivity contribution in [2.75, 3.05) is 0 Å². The van der Waals surface area contributed by atoms with Crippen LogP contribution >= 0.6 is 0 Å². The molecule has 0 unspecified atom stereocenters. The number of carboxylic acids is 3. The van der Waals surface area contributed by atoms with Gasteiger partial charge in [-0.15, -0.1) is 0 Å². The summed E-state index contributed by atoms with van der Waals surface area (Å²) in [5.41, 5.74) is -2.74. The first-order valence-corrected chi connectivity index (χ1v) is 4.77. The average Bonchev–Trinajstić information content (AvgIpc) is 1.98. The van der Waals surface area contributed by atoms with Crippen molar-refractivity contribution in [3.05, 3.63) is 0 Å². The molecule has 0 aliphatic rings. The average molecular weight is 298 g/mol. The minimum atomic E-state index is -2.74. The molecule has 0 aliphatic heterocycles. The Kier molecular flexibility index (Phi) is 13.0. The third-order valence-electron chi connectivity index (χ3n) is 1.29. The summed E-state index contributed by atoms with van der Waals surface area (Å²) in [5, 5.41) is 33.8. The van der Waals surface area contributed by atoms with E-state index in [1.165, 1.54) is 0 Å². The summed E-state index contributed by atoms with van der Waals surface area (Å²) in [6.45, 7) is 0. The Balaban J connectivity index is -0.000000165.